The van der Waals surface area contributed by atoms with Crippen molar-refractivity contribution in [2.45, 2.75) is 19.8 Å². The fourth-order valence-electron chi connectivity index (χ4n) is 2.33. The maximum atomic E-state index is 12.1. The van der Waals surface area contributed by atoms with Crippen molar-refractivity contribution in [3.63, 3.8) is 0 Å². The number of nitrogens with one attached hydrogen (secondary N) is 1. The Labute approximate surface area is 130 Å². The van der Waals surface area contributed by atoms with Crippen LogP contribution in [-0.4, -0.2) is 32.5 Å². The minimum Gasteiger partial charge on any atom is -0.310 e. The van der Waals surface area contributed by atoms with E-state index in [1.54, 1.807) is 36.1 Å². The molecule has 1 aliphatic rings. The number of nitrogens with zero attached hydrogens (tertiary/aromatic N) is 1. The van der Waals surface area contributed by atoms with E-state index in [0.29, 0.717) is 24.3 Å². The molecule has 0 aliphatic carbocycles. The molecule has 1 unspecified atom stereocenters. The highest BCUT2D eigenvalue weighted by Crippen LogP contribution is 2.30. The number of rotatable bonds is 6. The van der Waals surface area contributed by atoms with Gasteiger partial charge in [0, 0.05) is 18.8 Å². The van der Waals surface area contributed by atoms with Crippen LogP contribution in [0.15, 0.2) is 24.3 Å². The van der Waals surface area contributed by atoms with E-state index >= 15 is 0 Å². The van der Waals surface area contributed by atoms with Crippen LogP contribution in [0.5, 0.6) is 0 Å². The third-order valence-corrected chi connectivity index (χ3v) is 5.37. The monoisotopic (exact) mass is 330 g/mol. The van der Waals surface area contributed by atoms with Crippen molar-refractivity contribution >= 4 is 38.9 Å². The summed E-state index contributed by atoms with van der Waals surface area (Å²) in [5.41, 5.74) is 1.05. The molecule has 0 bridgehead atoms. The Bertz CT molecular complexity index is 618. The summed E-state index contributed by atoms with van der Waals surface area (Å²) >= 11 is 5.67. The largest absolute Gasteiger partial charge is 0.310 e. The van der Waals surface area contributed by atoms with Gasteiger partial charge in [-0.05, 0) is 24.5 Å². The van der Waals surface area contributed by atoms with Crippen molar-refractivity contribution in [3.8, 4) is 0 Å². The van der Waals surface area contributed by atoms with Crippen molar-refractivity contribution in [2.75, 3.05) is 27.8 Å². The highest BCUT2D eigenvalue weighted by molar-refractivity contribution is 7.92. The number of carbonyl (C=O) groups is 1. The fraction of sp³-hybridized carbons (Fsp3) is 0.500. The Morgan fingerprint density at radius 1 is 1.38 bits per heavy atom. The van der Waals surface area contributed by atoms with Crippen LogP contribution >= 0.6 is 11.6 Å². The first-order valence-corrected chi connectivity index (χ1v) is 9.07. The minimum absolute atomic E-state index is 0.0239. The zero-order valence-electron chi connectivity index (χ0n) is 11.9. The molecular formula is C14H19ClN2O3S. The van der Waals surface area contributed by atoms with Gasteiger partial charge < -0.3 is 4.90 Å². The molecule has 116 valence electrons. The summed E-state index contributed by atoms with van der Waals surface area (Å²) in [6, 6.07) is 6.96. The molecule has 5 nitrogen and oxygen atoms in total. The Morgan fingerprint density at radius 3 is 2.71 bits per heavy atom. The molecule has 1 aromatic carbocycles. The van der Waals surface area contributed by atoms with Crippen LogP contribution in [0, 0.1) is 5.92 Å². The highest BCUT2D eigenvalue weighted by Gasteiger charge is 2.25. The number of alkyl halides is 1. The Balaban J connectivity index is 2.23. The standard InChI is InChI=1S/C14H19ClN2O3S/c1-11(9-15)10-21(19,20)16-12-5-2-3-6-13(12)17-8-4-7-14(17)18/h2-3,5-6,11,16H,4,7-10H2,1H3. The molecule has 2 rings (SSSR count). The molecule has 1 aliphatic heterocycles. The number of hydrogen-bond donors (Lipinski definition) is 1. The van der Waals surface area contributed by atoms with E-state index in [2.05, 4.69) is 4.72 Å². The van der Waals surface area contributed by atoms with Gasteiger partial charge in [0.15, 0.2) is 0 Å². The van der Waals surface area contributed by atoms with E-state index in [9.17, 15) is 13.2 Å². The van der Waals surface area contributed by atoms with Gasteiger partial charge in [0.1, 0.15) is 0 Å². The van der Waals surface area contributed by atoms with Gasteiger partial charge >= 0.3 is 0 Å². The molecule has 1 amide bonds. The summed E-state index contributed by atoms with van der Waals surface area (Å²) in [5, 5.41) is 0. The van der Waals surface area contributed by atoms with Crippen molar-refractivity contribution in [2.24, 2.45) is 5.92 Å². The molecule has 1 N–H and O–H groups in total. The van der Waals surface area contributed by atoms with Crippen LogP contribution in [-0.2, 0) is 14.8 Å². The molecule has 1 aromatic rings. The van der Waals surface area contributed by atoms with Crippen LogP contribution in [0.25, 0.3) is 0 Å². The normalized spacial score (nSPS) is 17.0. The predicted molar refractivity (Wildman–Crippen MR) is 85.3 cm³/mol. The smallest absolute Gasteiger partial charge is 0.233 e. The first kappa shape index (κ1) is 16.1. The van der Waals surface area contributed by atoms with Gasteiger partial charge in [-0.1, -0.05) is 19.1 Å². The Hall–Kier alpha value is -1.27. The van der Waals surface area contributed by atoms with Crippen LogP contribution in [0.4, 0.5) is 11.4 Å². The summed E-state index contributed by atoms with van der Waals surface area (Å²) in [6.45, 7) is 2.40. The van der Waals surface area contributed by atoms with Crippen LogP contribution in [0.1, 0.15) is 19.8 Å². The van der Waals surface area contributed by atoms with Crippen molar-refractivity contribution in [3.05, 3.63) is 24.3 Å². The number of carbonyl (C=O) groups excluding carboxylic acids is 1. The summed E-state index contributed by atoms with van der Waals surface area (Å²) < 4.78 is 26.9. The second-order valence-corrected chi connectivity index (χ2v) is 7.38. The van der Waals surface area contributed by atoms with Crippen LogP contribution < -0.4 is 9.62 Å². The van der Waals surface area contributed by atoms with Crippen molar-refractivity contribution in [1.29, 1.82) is 0 Å². The van der Waals surface area contributed by atoms with E-state index in [4.69, 9.17) is 11.6 Å². The zero-order valence-corrected chi connectivity index (χ0v) is 13.5. The predicted octanol–water partition coefficient (Wildman–Crippen LogP) is 2.43. The third-order valence-electron chi connectivity index (χ3n) is 3.30. The third kappa shape index (κ3) is 4.11. The SMILES string of the molecule is CC(CCl)CS(=O)(=O)Nc1ccccc1N1CCCC1=O. The number of sulfonamides is 1. The number of amides is 1. The first-order chi connectivity index (χ1) is 9.93. The lowest BCUT2D eigenvalue weighted by molar-refractivity contribution is -0.117. The molecule has 1 heterocycles. The van der Waals surface area contributed by atoms with Gasteiger partial charge in [-0.3, -0.25) is 9.52 Å². The molecule has 0 spiro atoms. The van der Waals surface area contributed by atoms with E-state index in [1.807, 2.05) is 0 Å². The van der Waals surface area contributed by atoms with E-state index in [0.717, 1.165) is 6.42 Å². The topological polar surface area (TPSA) is 66.5 Å². The maximum Gasteiger partial charge on any atom is 0.233 e. The quantitative estimate of drug-likeness (QED) is 0.815. The van der Waals surface area contributed by atoms with Gasteiger partial charge in [-0.2, -0.15) is 0 Å². The first-order valence-electron chi connectivity index (χ1n) is 6.89. The highest BCUT2D eigenvalue weighted by atomic mass is 35.5. The molecule has 0 aromatic heterocycles. The second kappa shape index (κ2) is 6.66. The van der Waals surface area contributed by atoms with E-state index in [1.165, 1.54) is 0 Å². The fourth-order valence-corrected chi connectivity index (χ4v) is 4.02. The molecule has 1 fully saturated rings. The average molecular weight is 331 g/mol. The van der Waals surface area contributed by atoms with Crippen molar-refractivity contribution in [1.82, 2.24) is 0 Å². The second-order valence-electron chi connectivity index (χ2n) is 5.31. The van der Waals surface area contributed by atoms with Gasteiger partial charge in [-0.15, -0.1) is 11.6 Å². The lowest BCUT2D eigenvalue weighted by atomic mass is 10.2. The number of para-hydroxylation sites is 2. The molecular weight excluding hydrogens is 312 g/mol. The molecule has 21 heavy (non-hydrogen) atoms. The van der Waals surface area contributed by atoms with Gasteiger partial charge in [0.25, 0.3) is 0 Å². The summed E-state index contributed by atoms with van der Waals surface area (Å²) in [7, 11) is -3.49. The lowest BCUT2D eigenvalue weighted by Crippen LogP contribution is -2.27. The van der Waals surface area contributed by atoms with Crippen molar-refractivity contribution < 1.29 is 13.2 Å². The van der Waals surface area contributed by atoms with E-state index in [-0.39, 0.29) is 23.5 Å². The Kier molecular flexibility index (Phi) is 5.11. The molecule has 1 saturated heterocycles. The summed E-state index contributed by atoms with van der Waals surface area (Å²) in [6.07, 6.45) is 1.30. The number of hydrogen-bond acceptors (Lipinski definition) is 3. The van der Waals surface area contributed by atoms with E-state index < -0.39 is 10.0 Å². The minimum atomic E-state index is -3.49. The molecule has 1 atom stereocenters. The lowest BCUT2D eigenvalue weighted by Gasteiger charge is -2.20. The van der Waals surface area contributed by atoms with Gasteiger partial charge in [0.05, 0.1) is 17.1 Å². The zero-order chi connectivity index (χ0) is 15.5. The molecule has 0 saturated carbocycles. The number of benzene rings is 1. The van der Waals surface area contributed by atoms with Gasteiger partial charge in [-0.25, -0.2) is 8.42 Å². The van der Waals surface area contributed by atoms with Gasteiger partial charge in [0.2, 0.25) is 15.9 Å². The number of halogens is 1. The average Bonchev–Trinajstić information content (AvgIpc) is 2.84. The number of anilines is 2. The summed E-state index contributed by atoms with van der Waals surface area (Å²) in [4.78, 5) is 13.5. The molecule has 7 heteroatoms. The van der Waals surface area contributed by atoms with Crippen LogP contribution in [0.3, 0.4) is 0 Å². The maximum absolute atomic E-state index is 12.1. The summed E-state index contributed by atoms with van der Waals surface area (Å²) in [5.74, 6) is 0.131. The Morgan fingerprint density at radius 2 is 2.10 bits per heavy atom. The molecule has 0 radical (unpaired) electrons. The van der Waals surface area contributed by atoms with Crippen LogP contribution in [0.2, 0.25) is 0 Å².